The van der Waals surface area contributed by atoms with Crippen molar-refractivity contribution < 1.29 is 9.47 Å². The van der Waals surface area contributed by atoms with E-state index < -0.39 is 0 Å². The maximum atomic E-state index is 6.09. The van der Waals surface area contributed by atoms with E-state index in [2.05, 4.69) is 19.2 Å². The Morgan fingerprint density at radius 3 is 2.72 bits per heavy atom. The van der Waals surface area contributed by atoms with Crippen LogP contribution in [0.3, 0.4) is 0 Å². The second-order valence-electron chi connectivity index (χ2n) is 4.11. The zero-order chi connectivity index (χ0) is 13.4. The van der Waals surface area contributed by atoms with Crippen LogP contribution in [-0.2, 0) is 11.2 Å². The standard InChI is InChI=1S/C14H22ClNO2/c1-4-11-8-12(6-7-14(11)15)18-13(10-17-3)9-16-5-2/h6-8,13,16H,4-5,9-10H2,1-3H3. The van der Waals surface area contributed by atoms with E-state index in [0.29, 0.717) is 6.61 Å². The summed E-state index contributed by atoms with van der Waals surface area (Å²) < 4.78 is 11.1. The van der Waals surface area contributed by atoms with Gasteiger partial charge in [-0.15, -0.1) is 0 Å². The highest BCUT2D eigenvalue weighted by Gasteiger charge is 2.10. The van der Waals surface area contributed by atoms with Gasteiger partial charge in [0, 0.05) is 18.7 Å². The van der Waals surface area contributed by atoms with Gasteiger partial charge < -0.3 is 14.8 Å². The van der Waals surface area contributed by atoms with Crippen LogP contribution in [-0.4, -0.2) is 32.9 Å². The normalized spacial score (nSPS) is 12.4. The summed E-state index contributed by atoms with van der Waals surface area (Å²) in [6, 6.07) is 5.78. The van der Waals surface area contributed by atoms with Crippen LogP contribution in [0.5, 0.6) is 5.75 Å². The molecule has 0 aliphatic rings. The molecule has 0 saturated carbocycles. The van der Waals surface area contributed by atoms with Gasteiger partial charge in [0.05, 0.1) is 6.61 Å². The van der Waals surface area contributed by atoms with Crippen LogP contribution >= 0.6 is 11.6 Å². The van der Waals surface area contributed by atoms with Crippen molar-refractivity contribution in [1.29, 1.82) is 0 Å². The van der Waals surface area contributed by atoms with E-state index in [1.165, 1.54) is 0 Å². The van der Waals surface area contributed by atoms with Gasteiger partial charge in [-0.1, -0.05) is 25.4 Å². The molecule has 1 aromatic carbocycles. The molecular weight excluding hydrogens is 250 g/mol. The van der Waals surface area contributed by atoms with Crippen molar-refractivity contribution in [3.63, 3.8) is 0 Å². The van der Waals surface area contributed by atoms with E-state index in [4.69, 9.17) is 21.1 Å². The van der Waals surface area contributed by atoms with Crippen molar-refractivity contribution in [2.45, 2.75) is 26.4 Å². The molecule has 3 nitrogen and oxygen atoms in total. The number of nitrogens with one attached hydrogen (secondary N) is 1. The molecule has 0 amide bonds. The van der Waals surface area contributed by atoms with Gasteiger partial charge in [-0.05, 0) is 36.7 Å². The first-order chi connectivity index (χ1) is 8.71. The third-order valence-electron chi connectivity index (χ3n) is 2.68. The molecule has 1 N–H and O–H groups in total. The number of hydrogen-bond acceptors (Lipinski definition) is 3. The first kappa shape index (κ1) is 15.3. The molecule has 0 aliphatic heterocycles. The summed E-state index contributed by atoms with van der Waals surface area (Å²) >= 11 is 6.09. The highest BCUT2D eigenvalue weighted by molar-refractivity contribution is 6.31. The van der Waals surface area contributed by atoms with Crippen molar-refractivity contribution in [1.82, 2.24) is 5.32 Å². The average Bonchev–Trinajstić information content (AvgIpc) is 2.38. The first-order valence-corrected chi connectivity index (χ1v) is 6.73. The summed E-state index contributed by atoms with van der Waals surface area (Å²) in [5, 5.41) is 4.05. The summed E-state index contributed by atoms with van der Waals surface area (Å²) in [6.45, 7) is 6.41. The van der Waals surface area contributed by atoms with E-state index in [1.807, 2.05) is 18.2 Å². The summed E-state index contributed by atoms with van der Waals surface area (Å²) in [4.78, 5) is 0. The minimum absolute atomic E-state index is 0.0147. The van der Waals surface area contributed by atoms with E-state index in [0.717, 1.165) is 35.8 Å². The van der Waals surface area contributed by atoms with E-state index >= 15 is 0 Å². The molecule has 0 aliphatic carbocycles. The molecule has 18 heavy (non-hydrogen) atoms. The van der Waals surface area contributed by atoms with Crippen LogP contribution in [0.15, 0.2) is 18.2 Å². The van der Waals surface area contributed by atoms with Gasteiger partial charge in [0.25, 0.3) is 0 Å². The van der Waals surface area contributed by atoms with Gasteiger partial charge in [0.1, 0.15) is 11.9 Å². The predicted octanol–water partition coefficient (Wildman–Crippen LogP) is 2.91. The molecule has 0 aromatic heterocycles. The number of ether oxygens (including phenoxy) is 2. The predicted molar refractivity (Wildman–Crippen MR) is 75.7 cm³/mol. The number of rotatable bonds is 8. The Morgan fingerprint density at radius 2 is 2.11 bits per heavy atom. The first-order valence-electron chi connectivity index (χ1n) is 6.36. The molecule has 0 bridgehead atoms. The van der Waals surface area contributed by atoms with Gasteiger partial charge in [0.2, 0.25) is 0 Å². The summed E-state index contributed by atoms with van der Waals surface area (Å²) in [5.74, 6) is 0.844. The van der Waals surface area contributed by atoms with Gasteiger partial charge in [-0.3, -0.25) is 0 Å². The topological polar surface area (TPSA) is 30.5 Å². The Bertz CT molecular complexity index is 358. The van der Waals surface area contributed by atoms with Crippen LogP contribution in [0.2, 0.25) is 5.02 Å². The Hall–Kier alpha value is -0.770. The molecule has 102 valence electrons. The van der Waals surface area contributed by atoms with E-state index in [1.54, 1.807) is 7.11 Å². The number of aryl methyl sites for hydroxylation is 1. The Balaban J connectivity index is 2.67. The molecule has 1 atom stereocenters. The van der Waals surface area contributed by atoms with E-state index in [9.17, 15) is 0 Å². The largest absolute Gasteiger partial charge is 0.487 e. The lowest BCUT2D eigenvalue weighted by Crippen LogP contribution is -2.34. The lowest BCUT2D eigenvalue weighted by molar-refractivity contribution is 0.0809. The number of methoxy groups -OCH3 is 1. The fourth-order valence-corrected chi connectivity index (χ4v) is 1.96. The molecule has 0 spiro atoms. The third-order valence-corrected chi connectivity index (χ3v) is 3.04. The molecule has 1 unspecified atom stereocenters. The number of hydrogen-bond donors (Lipinski definition) is 1. The van der Waals surface area contributed by atoms with Crippen molar-refractivity contribution in [2.24, 2.45) is 0 Å². The quantitative estimate of drug-likeness (QED) is 0.789. The maximum absolute atomic E-state index is 6.09. The zero-order valence-electron chi connectivity index (χ0n) is 11.3. The fourth-order valence-electron chi connectivity index (χ4n) is 1.71. The van der Waals surface area contributed by atoms with Crippen molar-refractivity contribution in [2.75, 3.05) is 26.8 Å². The molecule has 4 heteroatoms. The second kappa shape index (κ2) is 8.35. The highest BCUT2D eigenvalue weighted by atomic mass is 35.5. The lowest BCUT2D eigenvalue weighted by Gasteiger charge is -2.19. The molecule has 0 fully saturated rings. The van der Waals surface area contributed by atoms with Gasteiger partial charge in [0.15, 0.2) is 0 Å². The smallest absolute Gasteiger partial charge is 0.134 e. The fraction of sp³-hybridized carbons (Fsp3) is 0.571. The molecule has 1 rings (SSSR count). The second-order valence-corrected chi connectivity index (χ2v) is 4.52. The summed E-state index contributed by atoms with van der Waals surface area (Å²) in [6.07, 6.45) is 0.916. The van der Waals surface area contributed by atoms with Gasteiger partial charge in [-0.25, -0.2) is 0 Å². The zero-order valence-corrected chi connectivity index (χ0v) is 12.1. The van der Waals surface area contributed by atoms with Gasteiger partial charge >= 0.3 is 0 Å². The monoisotopic (exact) mass is 271 g/mol. The molecule has 1 aromatic rings. The van der Waals surface area contributed by atoms with Gasteiger partial charge in [-0.2, -0.15) is 0 Å². The molecular formula is C14H22ClNO2. The Kier molecular flexibility index (Phi) is 7.09. The lowest BCUT2D eigenvalue weighted by atomic mass is 10.1. The Morgan fingerprint density at radius 1 is 1.33 bits per heavy atom. The summed E-state index contributed by atoms with van der Waals surface area (Å²) in [7, 11) is 1.68. The third kappa shape index (κ3) is 4.84. The molecule has 0 heterocycles. The highest BCUT2D eigenvalue weighted by Crippen LogP contribution is 2.23. The van der Waals surface area contributed by atoms with Crippen LogP contribution in [0, 0.1) is 0 Å². The summed E-state index contributed by atoms with van der Waals surface area (Å²) in [5.41, 5.74) is 1.11. The minimum atomic E-state index is 0.0147. The SMILES string of the molecule is CCNCC(COC)Oc1ccc(Cl)c(CC)c1. The van der Waals surface area contributed by atoms with Crippen molar-refractivity contribution >= 4 is 11.6 Å². The number of halogens is 1. The van der Waals surface area contributed by atoms with E-state index in [-0.39, 0.29) is 6.10 Å². The minimum Gasteiger partial charge on any atom is -0.487 e. The van der Waals surface area contributed by atoms with Crippen LogP contribution in [0.25, 0.3) is 0 Å². The maximum Gasteiger partial charge on any atom is 0.134 e. The molecule has 0 radical (unpaired) electrons. The van der Waals surface area contributed by atoms with Crippen LogP contribution < -0.4 is 10.1 Å². The number of benzene rings is 1. The van der Waals surface area contributed by atoms with Crippen LogP contribution in [0.1, 0.15) is 19.4 Å². The number of likely N-dealkylation sites (N-methyl/N-ethyl adjacent to an activating group) is 1. The van der Waals surface area contributed by atoms with Crippen molar-refractivity contribution in [3.8, 4) is 5.75 Å². The van der Waals surface area contributed by atoms with Crippen LogP contribution in [0.4, 0.5) is 0 Å². The van der Waals surface area contributed by atoms with Crippen molar-refractivity contribution in [3.05, 3.63) is 28.8 Å². The Labute approximate surface area is 114 Å². The molecule has 0 saturated heterocycles. The average molecular weight is 272 g/mol.